The van der Waals surface area contributed by atoms with Crippen LogP contribution in [0.5, 0.6) is 0 Å². The van der Waals surface area contributed by atoms with Crippen LogP contribution >= 0.6 is 11.8 Å². The van der Waals surface area contributed by atoms with Gasteiger partial charge in [-0.25, -0.2) is 5.11 Å². The Bertz CT molecular complexity index is 42.2. The molecule has 0 aliphatic rings. The average molecular weight is 147 g/mol. The molecule has 0 rings (SSSR count). The van der Waals surface area contributed by atoms with Gasteiger partial charge in [0.2, 0.25) is 0 Å². The van der Waals surface area contributed by atoms with Crippen molar-refractivity contribution in [3.05, 3.63) is 0 Å². The van der Waals surface area contributed by atoms with E-state index < -0.39 is 0 Å². The first-order chi connectivity index (χ1) is 4.41. The number of rotatable bonds is 6. The zero-order valence-electron chi connectivity index (χ0n) is 6.06. The molecule has 0 aromatic rings. The normalized spacial score (nSPS) is 10.0. The zero-order valence-corrected chi connectivity index (χ0v) is 6.88. The Kier molecular flexibility index (Phi) is 8.60. The predicted octanol–water partition coefficient (Wildman–Crippen LogP) is 2.34. The Morgan fingerprint density at radius 3 is 2.44 bits per heavy atom. The zero-order chi connectivity index (χ0) is 6.95. The van der Waals surface area contributed by atoms with Gasteiger partial charge in [0.25, 0.3) is 0 Å². The first kappa shape index (κ1) is 9.31. The van der Waals surface area contributed by atoms with Crippen molar-refractivity contribution in [3.63, 3.8) is 0 Å². The van der Waals surface area contributed by atoms with Gasteiger partial charge >= 0.3 is 0 Å². The van der Waals surface area contributed by atoms with E-state index >= 15 is 0 Å². The maximum atomic E-state index is 9.95. The number of thioether (sulfide) groups is 1. The third-order valence-corrected chi connectivity index (χ3v) is 2.23. The summed E-state index contributed by atoms with van der Waals surface area (Å²) in [6, 6.07) is 0. The lowest BCUT2D eigenvalue weighted by molar-refractivity contribution is 0.194. The van der Waals surface area contributed by atoms with Crippen molar-refractivity contribution in [2.24, 2.45) is 0 Å². The summed E-state index contributed by atoms with van der Waals surface area (Å²) >= 11 is 1.90. The second-order valence-corrected chi connectivity index (χ2v) is 3.25. The van der Waals surface area contributed by atoms with Gasteiger partial charge in [0.1, 0.15) is 0 Å². The van der Waals surface area contributed by atoms with Gasteiger partial charge in [0.05, 0.1) is 6.61 Å². The average Bonchev–Trinajstić information content (AvgIpc) is 1.89. The molecule has 0 saturated carbocycles. The second kappa shape index (κ2) is 8.31. The molecule has 0 aliphatic heterocycles. The van der Waals surface area contributed by atoms with Crippen LogP contribution < -0.4 is 0 Å². The van der Waals surface area contributed by atoms with Crippen molar-refractivity contribution in [1.82, 2.24) is 0 Å². The topological polar surface area (TPSA) is 19.9 Å². The fourth-order valence-electron chi connectivity index (χ4n) is 0.509. The summed E-state index contributed by atoms with van der Waals surface area (Å²) in [6.45, 7) is 2.29. The van der Waals surface area contributed by atoms with E-state index in [1.165, 1.54) is 18.6 Å². The summed E-state index contributed by atoms with van der Waals surface area (Å²) in [6.07, 6.45) is 3.41. The van der Waals surface area contributed by atoms with Crippen LogP contribution in [0.2, 0.25) is 0 Å². The largest absolute Gasteiger partial charge is 0.237 e. The highest BCUT2D eigenvalue weighted by atomic mass is 32.2. The van der Waals surface area contributed by atoms with Crippen LogP contribution in [-0.4, -0.2) is 18.1 Å². The standard InChI is InChI=1S/C7H15OS/c1-2-3-6-9-7-4-5-8/h2-7H2,1H3. The van der Waals surface area contributed by atoms with E-state index in [2.05, 4.69) is 6.92 Å². The summed E-state index contributed by atoms with van der Waals surface area (Å²) in [5, 5.41) is 9.95. The van der Waals surface area contributed by atoms with Gasteiger partial charge in [-0.05, 0) is 24.3 Å². The smallest absolute Gasteiger partial charge is 0.0830 e. The van der Waals surface area contributed by atoms with E-state index in [1.807, 2.05) is 11.8 Å². The molecule has 0 atom stereocenters. The molecule has 55 valence electrons. The molecule has 0 spiro atoms. The molecule has 0 aliphatic carbocycles. The summed E-state index contributed by atoms with van der Waals surface area (Å²) in [5.74, 6) is 2.29. The van der Waals surface area contributed by atoms with Gasteiger partial charge in [0.15, 0.2) is 0 Å². The van der Waals surface area contributed by atoms with Gasteiger partial charge in [0, 0.05) is 0 Å². The van der Waals surface area contributed by atoms with E-state index in [0.717, 1.165) is 12.2 Å². The molecule has 0 aromatic carbocycles. The van der Waals surface area contributed by atoms with Crippen molar-refractivity contribution in [1.29, 1.82) is 0 Å². The molecular formula is C7H15OS. The van der Waals surface area contributed by atoms with Crippen LogP contribution in [0, 0.1) is 0 Å². The number of hydrogen-bond donors (Lipinski definition) is 0. The third-order valence-electron chi connectivity index (χ3n) is 1.08. The van der Waals surface area contributed by atoms with Crippen LogP contribution in [0.3, 0.4) is 0 Å². The van der Waals surface area contributed by atoms with Gasteiger partial charge in [-0.2, -0.15) is 11.8 Å². The molecule has 0 bridgehead atoms. The molecular weight excluding hydrogens is 132 g/mol. The van der Waals surface area contributed by atoms with Crippen molar-refractivity contribution in [3.8, 4) is 0 Å². The van der Waals surface area contributed by atoms with E-state index in [9.17, 15) is 5.11 Å². The van der Waals surface area contributed by atoms with Gasteiger partial charge in [-0.15, -0.1) is 0 Å². The molecule has 0 unspecified atom stereocenters. The molecule has 9 heavy (non-hydrogen) atoms. The Morgan fingerprint density at radius 1 is 1.22 bits per heavy atom. The summed E-state index contributed by atoms with van der Waals surface area (Å²) in [7, 11) is 0. The van der Waals surface area contributed by atoms with E-state index in [0.29, 0.717) is 0 Å². The minimum Gasteiger partial charge on any atom is -0.237 e. The molecule has 1 nitrogen and oxygen atoms in total. The van der Waals surface area contributed by atoms with Crippen LogP contribution in [0.15, 0.2) is 0 Å². The van der Waals surface area contributed by atoms with Crippen LogP contribution in [0.1, 0.15) is 26.2 Å². The Morgan fingerprint density at radius 2 is 1.89 bits per heavy atom. The lowest BCUT2D eigenvalue weighted by Crippen LogP contribution is -1.85. The van der Waals surface area contributed by atoms with Crippen molar-refractivity contribution >= 4 is 11.8 Å². The third kappa shape index (κ3) is 8.31. The molecule has 0 fully saturated rings. The van der Waals surface area contributed by atoms with Crippen molar-refractivity contribution < 1.29 is 5.11 Å². The monoisotopic (exact) mass is 147 g/mol. The highest BCUT2D eigenvalue weighted by Crippen LogP contribution is 2.04. The quantitative estimate of drug-likeness (QED) is 0.528. The lowest BCUT2D eigenvalue weighted by Gasteiger charge is -1.95. The minimum absolute atomic E-state index is 0.0964. The SMILES string of the molecule is CCCCSCCC[O]. The summed E-state index contributed by atoms with van der Waals surface area (Å²) in [4.78, 5) is 0. The van der Waals surface area contributed by atoms with Crippen molar-refractivity contribution in [2.45, 2.75) is 26.2 Å². The maximum absolute atomic E-state index is 9.95. The Balaban J connectivity index is 2.60. The molecule has 1 radical (unpaired) electrons. The van der Waals surface area contributed by atoms with Crippen LogP contribution in [0.25, 0.3) is 0 Å². The first-order valence-corrected chi connectivity index (χ1v) is 4.73. The van der Waals surface area contributed by atoms with Gasteiger partial charge < -0.3 is 0 Å². The van der Waals surface area contributed by atoms with Gasteiger partial charge in [-0.3, -0.25) is 0 Å². The maximum Gasteiger partial charge on any atom is 0.0830 e. The highest BCUT2D eigenvalue weighted by Gasteiger charge is 1.86. The molecule has 0 N–H and O–H groups in total. The lowest BCUT2D eigenvalue weighted by atomic mass is 10.4. The van der Waals surface area contributed by atoms with E-state index in [-0.39, 0.29) is 6.61 Å². The summed E-state index contributed by atoms with van der Waals surface area (Å²) in [5.41, 5.74) is 0. The Labute approximate surface area is 61.8 Å². The van der Waals surface area contributed by atoms with Crippen LogP contribution in [0.4, 0.5) is 0 Å². The molecule has 0 aromatic heterocycles. The summed E-state index contributed by atoms with van der Waals surface area (Å²) < 4.78 is 0. The fraction of sp³-hybridized carbons (Fsp3) is 1.00. The molecule has 0 saturated heterocycles. The fourth-order valence-corrected chi connectivity index (χ4v) is 1.53. The number of unbranched alkanes of at least 4 members (excludes halogenated alkanes) is 1. The number of hydrogen-bond acceptors (Lipinski definition) is 1. The molecule has 2 heteroatoms. The van der Waals surface area contributed by atoms with Crippen molar-refractivity contribution in [2.75, 3.05) is 18.1 Å². The van der Waals surface area contributed by atoms with Gasteiger partial charge in [-0.1, -0.05) is 13.3 Å². The molecule has 0 heterocycles. The predicted molar refractivity (Wildman–Crippen MR) is 42.4 cm³/mol. The van der Waals surface area contributed by atoms with E-state index in [4.69, 9.17) is 0 Å². The van der Waals surface area contributed by atoms with E-state index in [1.54, 1.807) is 0 Å². The molecule has 0 amide bonds. The highest BCUT2D eigenvalue weighted by molar-refractivity contribution is 7.99. The minimum atomic E-state index is 0.0964. The Hall–Kier alpha value is 0.310. The van der Waals surface area contributed by atoms with Crippen LogP contribution in [-0.2, 0) is 5.11 Å². The second-order valence-electron chi connectivity index (χ2n) is 2.02. The first-order valence-electron chi connectivity index (χ1n) is 3.57.